The fourth-order valence-corrected chi connectivity index (χ4v) is 3.17. The first-order chi connectivity index (χ1) is 10.2. The molecule has 4 heteroatoms. The molecule has 21 heavy (non-hydrogen) atoms. The predicted octanol–water partition coefficient (Wildman–Crippen LogP) is 3.88. The quantitative estimate of drug-likeness (QED) is 0.746. The zero-order chi connectivity index (χ0) is 14.8. The summed E-state index contributed by atoms with van der Waals surface area (Å²) in [5.41, 5.74) is 1.71. The van der Waals surface area contributed by atoms with E-state index in [9.17, 15) is 9.46 Å². The molecule has 0 aliphatic carbocycles. The largest absolute Gasteiger partial charge is 0.546 e. The summed E-state index contributed by atoms with van der Waals surface area (Å²) >= 11 is 0. The fraction of sp³-hybridized carbons (Fsp3) is 0.0588. The number of benzene rings is 3. The van der Waals surface area contributed by atoms with Gasteiger partial charge in [0.05, 0.1) is 7.11 Å². The van der Waals surface area contributed by atoms with Crippen molar-refractivity contribution in [1.29, 1.82) is 0 Å². The number of ether oxygens (including phenoxy) is 1. The molecule has 1 atom stereocenters. The van der Waals surface area contributed by atoms with Crippen molar-refractivity contribution in [3.05, 3.63) is 60.7 Å². The van der Waals surface area contributed by atoms with E-state index in [0.29, 0.717) is 5.30 Å². The molecule has 0 aliphatic rings. The number of fused-ring (bicyclic) bond motifs is 1. The van der Waals surface area contributed by atoms with Crippen molar-refractivity contribution in [3.8, 4) is 16.9 Å². The van der Waals surface area contributed by atoms with Crippen LogP contribution in [0.1, 0.15) is 0 Å². The lowest BCUT2D eigenvalue weighted by atomic mass is 9.97. The van der Waals surface area contributed by atoms with Gasteiger partial charge in [0.1, 0.15) is 5.75 Å². The predicted molar refractivity (Wildman–Crippen MR) is 85.4 cm³/mol. The third-order valence-corrected chi connectivity index (χ3v) is 4.31. The lowest BCUT2D eigenvalue weighted by molar-refractivity contribution is 0.420. The van der Waals surface area contributed by atoms with E-state index in [-0.39, 0.29) is 0 Å². The van der Waals surface area contributed by atoms with Crippen LogP contribution in [0.15, 0.2) is 60.7 Å². The molecular formula is C17H14O3P+. The molecule has 104 valence electrons. The van der Waals surface area contributed by atoms with Gasteiger partial charge in [-0.15, -0.1) is 0 Å². The molecule has 0 heterocycles. The second-order valence-electron chi connectivity index (χ2n) is 4.65. The first-order valence-electron chi connectivity index (χ1n) is 6.53. The molecule has 0 bridgehead atoms. The van der Waals surface area contributed by atoms with Gasteiger partial charge in [0.15, 0.2) is 0 Å². The molecule has 0 saturated heterocycles. The van der Waals surface area contributed by atoms with E-state index < -0.39 is 8.03 Å². The summed E-state index contributed by atoms with van der Waals surface area (Å²) in [4.78, 5) is 9.52. The summed E-state index contributed by atoms with van der Waals surface area (Å²) in [6.45, 7) is 0. The highest BCUT2D eigenvalue weighted by Crippen LogP contribution is 2.35. The van der Waals surface area contributed by atoms with Crippen LogP contribution in [0.2, 0.25) is 0 Å². The Morgan fingerprint density at radius 1 is 0.857 bits per heavy atom. The topological polar surface area (TPSA) is 46.5 Å². The minimum absolute atomic E-state index is 0.447. The van der Waals surface area contributed by atoms with Crippen molar-refractivity contribution < 1.29 is 14.2 Å². The lowest BCUT2D eigenvalue weighted by Gasteiger charge is -2.10. The molecule has 3 aromatic rings. The minimum Gasteiger partial charge on any atom is -0.496 e. The van der Waals surface area contributed by atoms with Gasteiger partial charge in [0.25, 0.3) is 0 Å². The maximum Gasteiger partial charge on any atom is 0.546 e. The van der Waals surface area contributed by atoms with Gasteiger partial charge in [0.2, 0.25) is 5.30 Å². The summed E-state index contributed by atoms with van der Waals surface area (Å²) in [5, 5.41) is 2.43. The summed E-state index contributed by atoms with van der Waals surface area (Å²) in [6, 6.07) is 18.9. The van der Waals surface area contributed by atoms with Gasteiger partial charge < -0.3 is 4.74 Å². The first-order valence-corrected chi connectivity index (χ1v) is 7.75. The summed E-state index contributed by atoms with van der Waals surface area (Å²) < 4.78 is 17.0. The SMILES string of the molecule is COc1ccc(-c2ccccc2[P+](=O)O)c2ccccc12. The van der Waals surface area contributed by atoms with Gasteiger partial charge in [-0.05, 0) is 39.8 Å². The minimum atomic E-state index is -2.39. The molecule has 3 nitrogen and oxygen atoms in total. The third-order valence-electron chi connectivity index (χ3n) is 3.50. The normalized spacial score (nSPS) is 11.4. The molecule has 0 fully saturated rings. The monoisotopic (exact) mass is 297 g/mol. The van der Waals surface area contributed by atoms with E-state index in [1.54, 1.807) is 19.2 Å². The Balaban J connectivity index is 2.35. The standard InChI is InChI=1S/C17H13O3P/c1-20-16-11-10-13(12-6-2-3-7-14(12)16)15-8-4-5-9-17(15)21(18)19/h2-11H,1H3/p+1. The summed E-state index contributed by atoms with van der Waals surface area (Å²) in [7, 11) is -0.749. The Morgan fingerprint density at radius 3 is 2.24 bits per heavy atom. The molecule has 3 aromatic carbocycles. The van der Waals surface area contributed by atoms with Gasteiger partial charge >= 0.3 is 8.03 Å². The van der Waals surface area contributed by atoms with E-state index in [0.717, 1.165) is 27.6 Å². The van der Waals surface area contributed by atoms with Crippen molar-refractivity contribution >= 4 is 24.1 Å². The smallest absolute Gasteiger partial charge is 0.496 e. The van der Waals surface area contributed by atoms with Gasteiger partial charge in [-0.25, -0.2) is 0 Å². The molecule has 1 N–H and O–H groups in total. The van der Waals surface area contributed by atoms with Crippen LogP contribution in [0.4, 0.5) is 0 Å². The van der Waals surface area contributed by atoms with Crippen molar-refractivity contribution in [2.75, 3.05) is 7.11 Å². The molecule has 0 aliphatic heterocycles. The number of methoxy groups -OCH3 is 1. The second kappa shape index (κ2) is 5.65. The molecule has 3 rings (SSSR count). The summed E-state index contributed by atoms with van der Waals surface area (Å²) in [5.74, 6) is 0.792. The number of rotatable bonds is 3. The van der Waals surface area contributed by atoms with E-state index in [1.165, 1.54) is 0 Å². The van der Waals surface area contributed by atoms with Crippen LogP contribution >= 0.6 is 8.03 Å². The van der Waals surface area contributed by atoms with Crippen LogP contribution in [-0.4, -0.2) is 12.0 Å². The molecular weight excluding hydrogens is 283 g/mol. The van der Waals surface area contributed by atoms with Crippen LogP contribution in [0, 0.1) is 0 Å². The maximum absolute atomic E-state index is 11.6. The van der Waals surface area contributed by atoms with Crippen LogP contribution in [0.25, 0.3) is 21.9 Å². The van der Waals surface area contributed by atoms with Crippen molar-refractivity contribution in [2.24, 2.45) is 0 Å². The van der Waals surface area contributed by atoms with Crippen LogP contribution < -0.4 is 10.0 Å². The molecule has 0 amide bonds. The van der Waals surface area contributed by atoms with Gasteiger partial charge in [0, 0.05) is 10.9 Å². The van der Waals surface area contributed by atoms with Gasteiger partial charge in [-0.3, -0.25) is 0 Å². The van der Waals surface area contributed by atoms with Crippen molar-refractivity contribution in [3.63, 3.8) is 0 Å². The lowest BCUT2D eigenvalue weighted by Crippen LogP contribution is -2.01. The van der Waals surface area contributed by atoms with Gasteiger partial charge in [-0.1, -0.05) is 36.4 Å². The van der Waals surface area contributed by atoms with E-state index in [4.69, 9.17) is 4.74 Å². The molecule has 0 radical (unpaired) electrons. The number of hydrogen-bond donors (Lipinski definition) is 1. The highest BCUT2D eigenvalue weighted by molar-refractivity contribution is 7.47. The average molecular weight is 297 g/mol. The van der Waals surface area contributed by atoms with Crippen molar-refractivity contribution in [1.82, 2.24) is 0 Å². The Morgan fingerprint density at radius 2 is 1.52 bits per heavy atom. The zero-order valence-electron chi connectivity index (χ0n) is 11.5. The van der Waals surface area contributed by atoms with Crippen molar-refractivity contribution in [2.45, 2.75) is 0 Å². The average Bonchev–Trinajstić information content (AvgIpc) is 2.53. The maximum atomic E-state index is 11.6. The second-order valence-corrected chi connectivity index (χ2v) is 5.68. The highest BCUT2D eigenvalue weighted by Gasteiger charge is 2.23. The Kier molecular flexibility index (Phi) is 3.70. The Labute approximate surface area is 123 Å². The third kappa shape index (κ3) is 2.42. The van der Waals surface area contributed by atoms with Crippen LogP contribution in [-0.2, 0) is 4.57 Å². The van der Waals surface area contributed by atoms with E-state index >= 15 is 0 Å². The van der Waals surface area contributed by atoms with Crippen LogP contribution in [0.3, 0.4) is 0 Å². The number of hydrogen-bond acceptors (Lipinski definition) is 2. The van der Waals surface area contributed by atoms with E-state index in [1.807, 2.05) is 48.5 Å². The molecule has 0 spiro atoms. The Bertz CT molecular complexity index is 827. The van der Waals surface area contributed by atoms with E-state index in [2.05, 4.69) is 0 Å². The van der Waals surface area contributed by atoms with Crippen LogP contribution in [0.5, 0.6) is 5.75 Å². The Hall–Kier alpha value is -2.22. The highest BCUT2D eigenvalue weighted by atomic mass is 31.1. The first kappa shape index (κ1) is 13.7. The fourth-order valence-electron chi connectivity index (χ4n) is 2.55. The molecule has 0 saturated carbocycles. The van der Waals surface area contributed by atoms with Gasteiger partial charge in [-0.2, -0.15) is 4.89 Å². The molecule has 0 aromatic heterocycles. The molecule has 1 unspecified atom stereocenters. The summed E-state index contributed by atoms with van der Waals surface area (Å²) in [6.07, 6.45) is 0. The zero-order valence-corrected chi connectivity index (χ0v) is 12.4.